The van der Waals surface area contributed by atoms with Gasteiger partial charge >= 0.3 is 0 Å². The molecule has 1 aliphatic heterocycles. The molecular formula is C20H15N3O3S2. The largest absolute Gasteiger partial charge is 0.507 e. The van der Waals surface area contributed by atoms with Crippen LogP contribution in [0, 0.1) is 0 Å². The van der Waals surface area contributed by atoms with Crippen molar-refractivity contribution in [1.82, 2.24) is 4.90 Å². The predicted molar refractivity (Wildman–Crippen MR) is 112 cm³/mol. The zero-order chi connectivity index (χ0) is 19.3. The molecule has 6 nitrogen and oxygen atoms in total. The van der Waals surface area contributed by atoms with Crippen molar-refractivity contribution in [2.24, 2.45) is 10.2 Å². The minimum absolute atomic E-state index is 0.113. The molecular weight excluding hydrogens is 394 g/mol. The van der Waals surface area contributed by atoms with E-state index in [2.05, 4.69) is 10.2 Å². The molecule has 0 spiro atoms. The zero-order valence-corrected chi connectivity index (χ0v) is 16.2. The summed E-state index contributed by atoms with van der Waals surface area (Å²) in [6, 6.07) is 14.3. The number of furan rings is 1. The summed E-state index contributed by atoms with van der Waals surface area (Å²) in [6.07, 6.45) is 4.87. The van der Waals surface area contributed by atoms with Crippen LogP contribution in [-0.4, -0.2) is 27.3 Å². The number of nitrogens with zero attached hydrogens (tertiary/aromatic N) is 3. The van der Waals surface area contributed by atoms with Crippen LogP contribution in [0.2, 0.25) is 0 Å². The molecule has 140 valence electrons. The Kier molecular flexibility index (Phi) is 5.41. The third kappa shape index (κ3) is 4.08. The molecule has 0 atom stereocenters. The van der Waals surface area contributed by atoms with E-state index < -0.39 is 0 Å². The average Bonchev–Trinajstić information content (AvgIpc) is 3.44. The van der Waals surface area contributed by atoms with Crippen LogP contribution in [-0.2, 0) is 11.3 Å². The zero-order valence-electron chi connectivity index (χ0n) is 14.6. The lowest BCUT2D eigenvalue weighted by atomic mass is 10.2. The number of thioether (sulfide) groups is 1. The lowest BCUT2D eigenvalue weighted by molar-refractivity contribution is -0.122. The summed E-state index contributed by atoms with van der Waals surface area (Å²) < 4.78 is 5.37. The molecule has 0 bridgehead atoms. The molecule has 1 aromatic carbocycles. The Balaban J connectivity index is 1.64. The summed E-state index contributed by atoms with van der Waals surface area (Å²) in [5.41, 5.74) is 0.569. The standard InChI is InChI=1S/C20H15N3O3S2/c24-17-8-2-1-5-14(17)11-18-19(25)23(13-15-6-3-9-26-15)20(28-18)22-21-12-16-7-4-10-27-16/h1-12,24H,13H2/b18-11-,21-12-,22-20+. The molecule has 4 rings (SSSR count). The van der Waals surface area contributed by atoms with Crippen molar-refractivity contribution in [3.8, 4) is 5.75 Å². The predicted octanol–water partition coefficient (Wildman–Crippen LogP) is 4.55. The van der Waals surface area contributed by atoms with Crippen molar-refractivity contribution in [3.63, 3.8) is 0 Å². The van der Waals surface area contributed by atoms with Gasteiger partial charge in [0.05, 0.1) is 23.9 Å². The van der Waals surface area contributed by atoms with Crippen LogP contribution in [0.15, 0.2) is 79.7 Å². The van der Waals surface area contributed by atoms with Crippen LogP contribution < -0.4 is 0 Å². The minimum Gasteiger partial charge on any atom is -0.507 e. The maximum atomic E-state index is 12.9. The van der Waals surface area contributed by atoms with E-state index in [4.69, 9.17) is 4.42 Å². The number of hydrogen-bond acceptors (Lipinski definition) is 7. The Morgan fingerprint density at radius 3 is 2.79 bits per heavy atom. The van der Waals surface area contributed by atoms with E-state index in [9.17, 15) is 9.90 Å². The topological polar surface area (TPSA) is 78.4 Å². The lowest BCUT2D eigenvalue weighted by Gasteiger charge is -2.12. The van der Waals surface area contributed by atoms with Crippen molar-refractivity contribution in [2.75, 3.05) is 0 Å². The molecule has 28 heavy (non-hydrogen) atoms. The van der Waals surface area contributed by atoms with E-state index in [1.807, 2.05) is 17.5 Å². The van der Waals surface area contributed by atoms with Crippen molar-refractivity contribution in [2.45, 2.75) is 6.54 Å². The van der Waals surface area contributed by atoms with Crippen molar-refractivity contribution < 1.29 is 14.3 Å². The second-order valence-corrected chi connectivity index (χ2v) is 7.77. The molecule has 1 aliphatic rings. The maximum Gasteiger partial charge on any atom is 0.267 e. The average molecular weight is 409 g/mol. The van der Waals surface area contributed by atoms with Gasteiger partial charge in [0, 0.05) is 10.4 Å². The molecule has 0 unspecified atom stereocenters. The SMILES string of the molecule is O=C1/C(=C/c2ccccc2O)S/C(=N/N=C\c2cccs2)N1Cc1ccco1. The Labute approximate surface area is 169 Å². The smallest absolute Gasteiger partial charge is 0.267 e. The maximum absolute atomic E-state index is 12.9. The van der Waals surface area contributed by atoms with Crippen LogP contribution in [0.4, 0.5) is 0 Å². The molecule has 2 aromatic heterocycles. The Morgan fingerprint density at radius 1 is 1.14 bits per heavy atom. The van der Waals surface area contributed by atoms with Gasteiger partial charge in [-0.1, -0.05) is 24.3 Å². The number of para-hydroxylation sites is 1. The molecule has 0 aliphatic carbocycles. The van der Waals surface area contributed by atoms with Crippen LogP contribution in [0.3, 0.4) is 0 Å². The fourth-order valence-corrected chi connectivity index (χ4v) is 4.04. The first-order chi connectivity index (χ1) is 13.7. The van der Waals surface area contributed by atoms with Gasteiger partial charge < -0.3 is 9.52 Å². The lowest BCUT2D eigenvalue weighted by Crippen LogP contribution is -2.28. The highest BCUT2D eigenvalue weighted by atomic mass is 32.2. The van der Waals surface area contributed by atoms with E-state index in [0.717, 1.165) is 4.88 Å². The first-order valence-electron chi connectivity index (χ1n) is 8.37. The molecule has 1 fully saturated rings. The van der Waals surface area contributed by atoms with E-state index in [1.165, 1.54) is 16.7 Å². The summed E-state index contributed by atoms with van der Waals surface area (Å²) in [5.74, 6) is 0.546. The van der Waals surface area contributed by atoms with Gasteiger partial charge in [-0.3, -0.25) is 9.69 Å². The number of carbonyl (C=O) groups excluding carboxylic acids is 1. The number of thiophene rings is 1. The van der Waals surface area contributed by atoms with Gasteiger partial charge in [0.25, 0.3) is 5.91 Å². The van der Waals surface area contributed by atoms with Crippen LogP contribution >= 0.6 is 23.1 Å². The highest BCUT2D eigenvalue weighted by Gasteiger charge is 2.34. The first-order valence-corrected chi connectivity index (χ1v) is 10.1. The van der Waals surface area contributed by atoms with E-state index in [1.54, 1.807) is 66.3 Å². The summed E-state index contributed by atoms with van der Waals surface area (Å²) in [4.78, 5) is 15.9. The quantitative estimate of drug-likeness (QED) is 0.381. The summed E-state index contributed by atoms with van der Waals surface area (Å²) in [5, 5.41) is 20.8. The molecule has 3 aromatic rings. The van der Waals surface area contributed by atoms with Crippen molar-refractivity contribution in [1.29, 1.82) is 0 Å². The Bertz CT molecular complexity index is 1050. The third-order valence-electron chi connectivity index (χ3n) is 3.88. The van der Waals surface area contributed by atoms with Gasteiger partial charge in [0.2, 0.25) is 0 Å². The minimum atomic E-state index is -0.213. The fraction of sp³-hybridized carbons (Fsp3) is 0.0500. The number of hydrogen-bond donors (Lipinski definition) is 1. The van der Waals surface area contributed by atoms with Gasteiger partial charge in [0.1, 0.15) is 11.5 Å². The van der Waals surface area contributed by atoms with Crippen LogP contribution in [0.5, 0.6) is 5.75 Å². The number of aromatic hydroxyl groups is 1. The highest BCUT2D eigenvalue weighted by Crippen LogP contribution is 2.35. The third-order valence-corrected chi connectivity index (χ3v) is 5.68. The summed E-state index contributed by atoms with van der Waals surface area (Å²) >= 11 is 2.77. The van der Waals surface area contributed by atoms with Gasteiger partial charge in [-0.2, -0.15) is 5.10 Å². The highest BCUT2D eigenvalue weighted by molar-refractivity contribution is 8.18. The number of amidine groups is 1. The fourth-order valence-electron chi connectivity index (χ4n) is 2.53. The molecule has 8 heteroatoms. The second-order valence-electron chi connectivity index (χ2n) is 5.78. The number of phenols is 1. The number of phenolic OH excluding ortho intramolecular Hbond substituents is 1. The molecule has 0 saturated carbocycles. The van der Waals surface area contributed by atoms with E-state index in [-0.39, 0.29) is 18.2 Å². The summed E-state index contributed by atoms with van der Waals surface area (Å²) in [7, 11) is 0. The van der Waals surface area contributed by atoms with Gasteiger partial charge in [-0.25, -0.2) is 0 Å². The van der Waals surface area contributed by atoms with Crippen molar-refractivity contribution in [3.05, 3.63) is 81.3 Å². The van der Waals surface area contributed by atoms with Gasteiger partial charge in [0.15, 0.2) is 5.17 Å². The number of rotatable bonds is 5. The first kappa shape index (κ1) is 18.3. The molecule has 1 amide bonds. The Hall–Kier alpha value is -3.10. The normalized spacial score (nSPS) is 17.4. The monoisotopic (exact) mass is 409 g/mol. The summed E-state index contributed by atoms with van der Waals surface area (Å²) in [6.45, 7) is 0.254. The van der Waals surface area contributed by atoms with Crippen molar-refractivity contribution >= 4 is 46.5 Å². The van der Waals surface area contributed by atoms with Crippen LogP contribution in [0.1, 0.15) is 16.2 Å². The molecule has 1 N–H and O–H groups in total. The van der Waals surface area contributed by atoms with E-state index in [0.29, 0.717) is 21.4 Å². The number of amides is 1. The molecule has 1 saturated heterocycles. The number of carbonyl (C=O) groups is 1. The van der Waals surface area contributed by atoms with E-state index >= 15 is 0 Å². The van der Waals surface area contributed by atoms with Crippen LogP contribution in [0.25, 0.3) is 6.08 Å². The van der Waals surface area contributed by atoms with Gasteiger partial charge in [-0.15, -0.1) is 16.4 Å². The molecule has 0 radical (unpaired) electrons. The van der Waals surface area contributed by atoms with Gasteiger partial charge in [-0.05, 0) is 47.5 Å². The number of benzene rings is 1. The Morgan fingerprint density at radius 2 is 2.04 bits per heavy atom. The second kappa shape index (κ2) is 8.28. The molecule has 3 heterocycles.